The van der Waals surface area contributed by atoms with Gasteiger partial charge in [-0.05, 0) is 28.2 Å². The van der Waals surface area contributed by atoms with Crippen LogP contribution in [0.2, 0.25) is 0 Å². The highest BCUT2D eigenvalue weighted by Gasteiger charge is 2.07. The highest BCUT2D eigenvalue weighted by Crippen LogP contribution is 2.19. The number of halogens is 1. The summed E-state index contributed by atoms with van der Waals surface area (Å²) in [6, 6.07) is 7.71. The Morgan fingerprint density at radius 2 is 2.18 bits per heavy atom. The summed E-state index contributed by atoms with van der Waals surface area (Å²) in [7, 11) is 1.64. The zero-order valence-corrected chi connectivity index (χ0v) is 11.4. The first-order valence-corrected chi connectivity index (χ1v) is 6.12. The number of rotatable bonds is 3. The average molecular weight is 342 g/mol. The number of nitrogens with one attached hydrogen (secondary N) is 1. The van der Waals surface area contributed by atoms with Crippen molar-refractivity contribution in [2.75, 3.05) is 7.11 Å². The van der Waals surface area contributed by atoms with Gasteiger partial charge in [0.15, 0.2) is 0 Å². The van der Waals surface area contributed by atoms with Crippen molar-refractivity contribution in [1.82, 2.24) is 9.97 Å². The van der Waals surface area contributed by atoms with Crippen molar-refractivity contribution in [2.24, 2.45) is 0 Å². The van der Waals surface area contributed by atoms with Gasteiger partial charge in [0.1, 0.15) is 5.82 Å². The molecule has 5 heteroatoms. The molecule has 0 spiro atoms. The van der Waals surface area contributed by atoms with Gasteiger partial charge in [-0.1, -0.05) is 24.3 Å². The second-order valence-electron chi connectivity index (χ2n) is 3.50. The van der Waals surface area contributed by atoms with E-state index in [4.69, 9.17) is 4.74 Å². The van der Waals surface area contributed by atoms with E-state index in [0.717, 1.165) is 11.1 Å². The van der Waals surface area contributed by atoms with Gasteiger partial charge in [0.2, 0.25) is 0 Å². The smallest absolute Gasteiger partial charge is 0.264 e. The maximum absolute atomic E-state index is 11.5. The van der Waals surface area contributed by atoms with E-state index in [-0.39, 0.29) is 5.56 Å². The summed E-state index contributed by atoms with van der Waals surface area (Å²) in [5.41, 5.74) is 1.77. The van der Waals surface area contributed by atoms with Crippen LogP contribution in [-0.2, 0) is 11.3 Å². The van der Waals surface area contributed by atoms with Gasteiger partial charge < -0.3 is 9.72 Å². The Bertz CT molecular complexity index is 581. The summed E-state index contributed by atoms with van der Waals surface area (Å²) in [4.78, 5) is 18.5. The molecule has 1 N–H and O–H groups in total. The predicted molar refractivity (Wildman–Crippen MR) is 73.7 cm³/mol. The molecule has 17 heavy (non-hydrogen) atoms. The minimum atomic E-state index is -0.122. The number of benzene rings is 1. The van der Waals surface area contributed by atoms with Gasteiger partial charge in [0.25, 0.3) is 5.56 Å². The molecule has 4 nitrogen and oxygen atoms in total. The molecule has 0 aliphatic heterocycles. The van der Waals surface area contributed by atoms with Crippen molar-refractivity contribution < 1.29 is 4.74 Å². The van der Waals surface area contributed by atoms with Gasteiger partial charge in [0.05, 0.1) is 10.2 Å². The summed E-state index contributed by atoms with van der Waals surface area (Å²) >= 11 is 1.95. The largest absolute Gasteiger partial charge is 0.380 e. The lowest BCUT2D eigenvalue weighted by atomic mass is 10.1. The molecule has 0 unspecified atom stereocenters. The van der Waals surface area contributed by atoms with Gasteiger partial charge in [-0.2, -0.15) is 0 Å². The van der Waals surface area contributed by atoms with Crippen molar-refractivity contribution in [3.63, 3.8) is 0 Å². The Kier molecular flexibility index (Phi) is 3.90. The van der Waals surface area contributed by atoms with E-state index < -0.39 is 0 Å². The second-order valence-corrected chi connectivity index (χ2v) is 4.66. The first kappa shape index (κ1) is 12.3. The summed E-state index contributed by atoms with van der Waals surface area (Å²) in [6.45, 7) is 0.492. The molecule has 88 valence electrons. The molecule has 2 aromatic rings. The first-order chi connectivity index (χ1) is 8.22. The van der Waals surface area contributed by atoms with Gasteiger partial charge in [-0.25, -0.2) is 4.98 Å². The zero-order valence-electron chi connectivity index (χ0n) is 9.24. The molecule has 0 aliphatic rings. The molecule has 0 amide bonds. The average Bonchev–Trinajstić information content (AvgIpc) is 2.34. The summed E-state index contributed by atoms with van der Waals surface area (Å²) in [5.74, 6) is 0.572. The maximum atomic E-state index is 11.5. The Labute approximate surface area is 112 Å². The van der Waals surface area contributed by atoms with E-state index >= 15 is 0 Å². The molecule has 2 rings (SSSR count). The number of methoxy groups -OCH3 is 1. The molecule has 0 bridgehead atoms. The Morgan fingerprint density at radius 1 is 1.41 bits per heavy atom. The molecule has 1 aromatic carbocycles. The molecule has 0 atom stereocenters. The van der Waals surface area contributed by atoms with E-state index in [0.29, 0.717) is 16.0 Å². The zero-order chi connectivity index (χ0) is 12.3. The summed E-state index contributed by atoms with van der Waals surface area (Å²) in [6.07, 6.45) is 1.57. The van der Waals surface area contributed by atoms with Crippen LogP contribution >= 0.6 is 22.6 Å². The SMILES string of the molecule is COCc1ccccc1-c1ncc(I)c(=O)[nH]1. The lowest BCUT2D eigenvalue weighted by molar-refractivity contribution is 0.185. The monoisotopic (exact) mass is 342 g/mol. The molecule has 0 fully saturated rings. The standard InChI is InChI=1S/C12H11IN2O2/c1-17-7-8-4-2-3-5-9(8)11-14-6-10(13)12(16)15-11/h2-6H,7H2,1H3,(H,14,15,16). The van der Waals surface area contributed by atoms with Gasteiger partial charge in [0, 0.05) is 18.9 Å². The fraction of sp³-hybridized carbons (Fsp3) is 0.167. The molecular weight excluding hydrogens is 331 g/mol. The van der Waals surface area contributed by atoms with Gasteiger partial charge >= 0.3 is 0 Å². The van der Waals surface area contributed by atoms with Crippen molar-refractivity contribution in [1.29, 1.82) is 0 Å². The third-order valence-corrected chi connectivity index (χ3v) is 3.10. The summed E-state index contributed by atoms with van der Waals surface area (Å²) in [5, 5.41) is 0. The number of hydrogen-bond acceptors (Lipinski definition) is 3. The molecule has 1 aromatic heterocycles. The quantitative estimate of drug-likeness (QED) is 0.870. The van der Waals surface area contributed by atoms with E-state index in [2.05, 4.69) is 9.97 Å². The van der Waals surface area contributed by atoms with Crippen LogP contribution in [0.15, 0.2) is 35.3 Å². The maximum Gasteiger partial charge on any atom is 0.264 e. The van der Waals surface area contributed by atoms with Gasteiger partial charge in [-0.15, -0.1) is 0 Å². The minimum Gasteiger partial charge on any atom is -0.380 e. The fourth-order valence-electron chi connectivity index (χ4n) is 1.55. The van der Waals surface area contributed by atoms with Crippen molar-refractivity contribution in [2.45, 2.75) is 6.61 Å². The van der Waals surface area contributed by atoms with Crippen LogP contribution in [0.5, 0.6) is 0 Å². The normalized spacial score (nSPS) is 10.5. The number of hydrogen-bond donors (Lipinski definition) is 1. The highest BCUT2D eigenvalue weighted by atomic mass is 127. The lowest BCUT2D eigenvalue weighted by Gasteiger charge is -2.07. The van der Waals surface area contributed by atoms with Crippen LogP contribution in [0.3, 0.4) is 0 Å². The number of ether oxygens (including phenoxy) is 1. The number of aromatic nitrogens is 2. The topological polar surface area (TPSA) is 55.0 Å². The molecule has 0 aliphatic carbocycles. The van der Waals surface area contributed by atoms with E-state index in [9.17, 15) is 4.79 Å². The van der Waals surface area contributed by atoms with Crippen molar-refractivity contribution in [3.8, 4) is 11.4 Å². The highest BCUT2D eigenvalue weighted by molar-refractivity contribution is 14.1. The third kappa shape index (κ3) is 2.73. The number of nitrogens with zero attached hydrogens (tertiary/aromatic N) is 1. The number of H-pyrrole nitrogens is 1. The predicted octanol–water partition coefficient (Wildman–Crippen LogP) is 2.19. The van der Waals surface area contributed by atoms with Crippen LogP contribution in [0.1, 0.15) is 5.56 Å². The Hall–Kier alpha value is -1.21. The molecule has 0 saturated carbocycles. The van der Waals surface area contributed by atoms with E-state index in [1.807, 2.05) is 46.9 Å². The molecular formula is C12H11IN2O2. The summed E-state index contributed by atoms with van der Waals surface area (Å²) < 4.78 is 5.70. The van der Waals surface area contributed by atoms with E-state index in [1.54, 1.807) is 13.3 Å². The van der Waals surface area contributed by atoms with Crippen LogP contribution in [0, 0.1) is 3.57 Å². The van der Waals surface area contributed by atoms with Gasteiger partial charge in [-0.3, -0.25) is 4.79 Å². The van der Waals surface area contributed by atoms with E-state index in [1.165, 1.54) is 0 Å². The lowest BCUT2D eigenvalue weighted by Crippen LogP contribution is -2.12. The molecule has 0 radical (unpaired) electrons. The Balaban J connectivity index is 2.52. The molecule has 1 heterocycles. The first-order valence-electron chi connectivity index (χ1n) is 5.04. The molecule has 0 saturated heterocycles. The fourth-order valence-corrected chi connectivity index (χ4v) is 1.82. The second kappa shape index (κ2) is 5.42. The van der Waals surface area contributed by atoms with Crippen LogP contribution in [0.25, 0.3) is 11.4 Å². The van der Waals surface area contributed by atoms with Crippen LogP contribution < -0.4 is 5.56 Å². The minimum absolute atomic E-state index is 0.122. The van der Waals surface area contributed by atoms with Crippen LogP contribution in [-0.4, -0.2) is 17.1 Å². The number of aromatic amines is 1. The van der Waals surface area contributed by atoms with Crippen molar-refractivity contribution >= 4 is 22.6 Å². The van der Waals surface area contributed by atoms with Crippen LogP contribution in [0.4, 0.5) is 0 Å². The Morgan fingerprint density at radius 3 is 2.88 bits per heavy atom. The third-order valence-electron chi connectivity index (χ3n) is 2.33. The van der Waals surface area contributed by atoms with Crippen molar-refractivity contribution in [3.05, 3.63) is 49.9 Å².